The number of halogens is 1. The Hall–Kier alpha value is -3.73. The summed E-state index contributed by atoms with van der Waals surface area (Å²) in [4.78, 5) is 18.0. The Balaban J connectivity index is 1.28. The van der Waals surface area contributed by atoms with Gasteiger partial charge < -0.3 is 28.4 Å². The number of hydrogen-bond acceptors (Lipinski definition) is 8. The number of carbonyl (C=O) groups is 1. The van der Waals surface area contributed by atoms with Gasteiger partial charge in [-0.25, -0.2) is 14.2 Å². The van der Waals surface area contributed by atoms with Crippen LogP contribution < -0.4 is 9.47 Å². The highest BCUT2D eigenvalue weighted by atomic mass is 19.1. The lowest BCUT2D eigenvalue weighted by atomic mass is 10.0. The van der Waals surface area contributed by atoms with Gasteiger partial charge in [-0.2, -0.15) is 0 Å². The highest BCUT2D eigenvalue weighted by Crippen LogP contribution is 2.42. The molecule has 11 heteroatoms. The van der Waals surface area contributed by atoms with E-state index in [4.69, 9.17) is 18.9 Å². The van der Waals surface area contributed by atoms with E-state index in [1.807, 2.05) is 29.0 Å². The summed E-state index contributed by atoms with van der Waals surface area (Å²) >= 11 is 0. The summed E-state index contributed by atoms with van der Waals surface area (Å²) < 4.78 is 39.3. The van der Waals surface area contributed by atoms with Crippen LogP contribution in [0.3, 0.4) is 0 Å². The second-order valence-corrected chi connectivity index (χ2v) is 10.2. The second-order valence-electron chi connectivity index (χ2n) is 10.2. The number of fused-ring (bicyclic) bond motifs is 2. The van der Waals surface area contributed by atoms with Crippen molar-refractivity contribution in [3.63, 3.8) is 0 Å². The van der Waals surface area contributed by atoms with Crippen LogP contribution in [0.4, 0.5) is 9.18 Å². The van der Waals surface area contributed by atoms with E-state index in [0.29, 0.717) is 24.4 Å². The number of ether oxygens (including phenoxy) is 4. The summed E-state index contributed by atoms with van der Waals surface area (Å²) in [5.74, 6) is 0.649. The molecule has 0 spiro atoms. The van der Waals surface area contributed by atoms with Crippen molar-refractivity contribution >= 4 is 6.09 Å². The van der Waals surface area contributed by atoms with Crippen molar-refractivity contribution in [3.05, 3.63) is 49.1 Å². The molecule has 1 aliphatic carbocycles. The maximum Gasteiger partial charge on any atom is 0.410 e. The van der Waals surface area contributed by atoms with Gasteiger partial charge in [-0.05, 0) is 45.4 Å². The molecule has 1 saturated carbocycles. The molecular formula is C26H30FN5O5. The summed E-state index contributed by atoms with van der Waals surface area (Å²) in [6, 6.07) is 8.51. The number of carbonyl (C=O) groups excluding carboxylic acids is 1. The first-order valence-electron chi connectivity index (χ1n) is 12.1. The molecule has 1 amide bonds. The minimum atomic E-state index is -1.34. The predicted octanol–water partition coefficient (Wildman–Crippen LogP) is 4.04. The molecule has 0 N–H and O–H groups in total. The fraction of sp³-hybridized carbons (Fsp3) is 0.462. The Labute approximate surface area is 214 Å². The van der Waals surface area contributed by atoms with Gasteiger partial charge in [0.05, 0.1) is 23.8 Å². The van der Waals surface area contributed by atoms with Gasteiger partial charge in [-0.3, -0.25) is 0 Å². The summed E-state index contributed by atoms with van der Waals surface area (Å²) in [5, 5.41) is 8.49. The largest absolute Gasteiger partial charge is 0.470 e. The monoisotopic (exact) mass is 511 g/mol. The molecule has 2 unspecified atom stereocenters. The number of benzene rings is 1. The number of piperidine rings is 1. The minimum absolute atomic E-state index is 0.0669. The number of aromatic nitrogens is 4. The van der Waals surface area contributed by atoms with Crippen LogP contribution in [-0.2, 0) is 9.47 Å². The smallest absolute Gasteiger partial charge is 0.410 e. The van der Waals surface area contributed by atoms with E-state index in [-0.39, 0.29) is 18.6 Å². The van der Waals surface area contributed by atoms with Gasteiger partial charge in [-0.15, -0.1) is 10.2 Å². The van der Waals surface area contributed by atoms with Crippen molar-refractivity contribution < 1.29 is 28.1 Å². The Kier molecular flexibility index (Phi) is 6.72. The lowest BCUT2D eigenvalue weighted by Crippen LogP contribution is -2.51. The molecule has 2 aromatic heterocycles. The molecule has 3 aromatic rings. The van der Waals surface area contributed by atoms with E-state index in [2.05, 4.69) is 15.2 Å². The van der Waals surface area contributed by atoms with Crippen LogP contribution in [0.15, 0.2) is 49.1 Å². The van der Waals surface area contributed by atoms with E-state index in [1.165, 1.54) is 4.90 Å². The minimum Gasteiger partial charge on any atom is -0.470 e. The number of alkyl halides is 1. The van der Waals surface area contributed by atoms with Gasteiger partial charge in [-0.1, -0.05) is 0 Å². The lowest BCUT2D eigenvalue weighted by Gasteiger charge is -2.35. The van der Waals surface area contributed by atoms with Gasteiger partial charge in [0.15, 0.2) is 13.0 Å². The maximum absolute atomic E-state index is 15.2. The van der Waals surface area contributed by atoms with Gasteiger partial charge >= 0.3 is 6.09 Å². The first-order chi connectivity index (χ1) is 17.7. The van der Waals surface area contributed by atoms with E-state index in [9.17, 15) is 4.79 Å². The summed E-state index contributed by atoms with van der Waals surface area (Å²) in [6.07, 6.45) is 3.23. The Morgan fingerprint density at radius 1 is 1.19 bits per heavy atom. The maximum atomic E-state index is 15.2. The first kappa shape index (κ1) is 24.9. The Morgan fingerprint density at radius 3 is 2.68 bits per heavy atom. The molecule has 1 aromatic carbocycles. The van der Waals surface area contributed by atoms with Gasteiger partial charge in [0.2, 0.25) is 5.88 Å². The zero-order chi connectivity index (χ0) is 26.2. The van der Waals surface area contributed by atoms with Crippen LogP contribution >= 0.6 is 0 Å². The second kappa shape index (κ2) is 9.97. The van der Waals surface area contributed by atoms with Crippen LogP contribution in [0.2, 0.25) is 0 Å². The van der Waals surface area contributed by atoms with Gasteiger partial charge in [0.25, 0.3) is 0 Å². The summed E-state index contributed by atoms with van der Waals surface area (Å²) in [5.41, 5.74) is 1.52. The van der Waals surface area contributed by atoms with Crippen LogP contribution in [0.25, 0.3) is 16.9 Å². The standard InChI is InChI=1S/C26H30FN5O5/c1-26(2,3)37-25(33)32-13-16-11-20(32)23(27)24(16)36-22-8-7-19(29-30-22)18-6-5-17(31-10-9-28-14-31)12-21(18)35-15-34-4/h5-10,12,14,16,20,23-24H,11,13,15H2,1-4H3/t16?,20?,23-,24-/m1/s1. The molecule has 1 aliphatic heterocycles. The molecule has 2 bridgehead atoms. The quantitative estimate of drug-likeness (QED) is 0.438. The molecule has 4 atom stereocenters. The number of amides is 1. The van der Waals surface area contributed by atoms with Crippen LogP contribution in [-0.4, -0.2) is 75.1 Å². The molecular weight excluding hydrogens is 481 g/mol. The fourth-order valence-corrected chi connectivity index (χ4v) is 4.81. The number of likely N-dealkylation sites (tertiary alicyclic amines) is 1. The Morgan fingerprint density at radius 2 is 2.03 bits per heavy atom. The van der Waals surface area contributed by atoms with Crippen molar-refractivity contribution in [1.82, 2.24) is 24.6 Å². The first-order valence-corrected chi connectivity index (χ1v) is 12.1. The number of rotatable bonds is 7. The average molecular weight is 512 g/mol. The lowest BCUT2D eigenvalue weighted by molar-refractivity contribution is -0.0154. The van der Waals surface area contributed by atoms with Crippen molar-refractivity contribution in [2.45, 2.75) is 51.1 Å². The molecule has 2 aliphatic rings. The van der Waals surface area contributed by atoms with E-state index < -0.39 is 30.0 Å². The van der Waals surface area contributed by atoms with Crippen molar-refractivity contribution in [2.75, 3.05) is 20.4 Å². The molecule has 0 radical (unpaired) electrons. The van der Waals surface area contributed by atoms with Gasteiger partial charge in [0, 0.05) is 49.7 Å². The molecule has 37 heavy (non-hydrogen) atoms. The molecule has 1 saturated heterocycles. The number of methoxy groups -OCH3 is 1. The molecule has 3 heterocycles. The SMILES string of the molecule is COCOc1cc(-n2ccnc2)ccc1-c1ccc(O[C@@H]2C3CC([C@H]2F)N(C(=O)OC(C)(C)C)C3)nn1. The van der Waals surface area contributed by atoms with E-state index in [0.717, 1.165) is 11.3 Å². The molecule has 5 rings (SSSR count). The normalized spacial score (nSPS) is 22.8. The van der Waals surface area contributed by atoms with E-state index in [1.54, 1.807) is 52.5 Å². The third kappa shape index (κ3) is 5.22. The zero-order valence-corrected chi connectivity index (χ0v) is 21.2. The van der Waals surface area contributed by atoms with Crippen molar-refractivity contribution in [1.29, 1.82) is 0 Å². The molecule has 196 valence electrons. The van der Waals surface area contributed by atoms with Crippen molar-refractivity contribution in [2.24, 2.45) is 5.92 Å². The highest BCUT2D eigenvalue weighted by Gasteiger charge is 2.56. The number of nitrogens with zero attached hydrogens (tertiary/aromatic N) is 5. The van der Waals surface area contributed by atoms with E-state index >= 15 is 4.39 Å². The topological polar surface area (TPSA) is 101 Å². The predicted molar refractivity (Wildman–Crippen MR) is 131 cm³/mol. The van der Waals surface area contributed by atoms with Gasteiger partial charge in [0.1, 0.15) is 17.5 Å². The van der Waals surface area contributed by atoms with Crippen molar-refractivity contribution in [3.8, 4) is 28.6 Å². The summed E-state index contributed by atoms with van der Waals surface area (Å²) in [6.45, 7) is 5.83. The van der Waals surface area contributed by atoms with Crippen LogP contribution in [0.1, 0.15) is 27.2 Å². The summed E-state index contributed by atoms with van der Waals surface area (Å²) in [7, 11) is 1.55. The number of hydrogen-bond donors (Lipinski definition) is 0. The third-order valence-electron chi connectivity index (χ3n) is 6.42. The Bertz CT molecular complexity index is 1230. The average Bonchev–Trinajstić information content (AvgIpc) is 3.61. The highest BCUT2D eigenvalue weighted by molar-refractivity contribution is 5.70. The van der Waals surface area contributed by atoms with Crippen LogP contribution in [0, 0.1) is 5.92 Å². The zero-order valence-electron chi connectivity index (χ0n) is 21.2. The third-order valence-corrected chi connectivity index (χ3v) is 6.42. The van der Waals surface area contributed by atoms with Crippen LogP contribution in [0.5, 0.6) is 11.6 Å². The number of imidazole rings is 1. The molecule has 10 nitrogen and oxygen atoms in total. The molecule has 2 fully saturated rings. The fourth-order valence-electron chi connectivity index (χ4n) is 4.81.